The van der Waals surface area contributed by atoms with Crippen LogP contribution in [0.15, 0.2) is 83.2 Å². The number of nitrogens with zero attached hydrogens (tertiary/aromatic N) is 3. The molecule has 3 amide bonds. The van der Waals surface area contributed by atoms with Crippen LogP contribution in [0.3, 0.4) is 0 Å². The molecule has 250 valence electrons. The van der Waals surface area contributed by atoms with Crippen molar-refractivity contribution >= 4 is 49.2 Å². The first-order valence-electron chi connectivity index (χ1n) is 14.8. The number of amides is 3. The SMILES string of the molecule is CC(C)CN(C[C@@H](O)[C@H](Cc1ccccc1)NC(=O)[C@@H]1CN(c2cccc(C(F)(F)F)c2)C(=O)N1)S(=O)(=O)c1ccc2ncsc2c1. The molecule has 1 aliphatic heterocycles. The van der Waals surface area contributed by atoms with Gasteiger partial charge in [0.1, 0.15) is 6.04 Å². The Balaban J connectivity index is 1.36. The van der Waals surface area contributed by atoms with E-state index in [0.717, 1.165) is 22.6 Å². The first-order chi connectivity index (χ1) is 22.2. The van der Waals surface area contributed by atoms with Gasteiger partial charge in [0.15, 0.2) is 0 Å². The van der Waals surface area contributed by atoms with Gasteiger partial charge in [-0.25, -0.2) is 18.2 Å². The van der Waals surface area contributed by atoms with E-state index in [2.05, 4.69) is 15.6 Å². The van der Waals surface area contributed by atoms with Crippen molar-refractivity contribution in [3.05, 3.63) is 89.4 Å². The van der Waals surface area contributed by atoms with Gasteiger partial charge in [0.25, 0.3) is 0 Å². The van der Waals surface area contributed by atoms with E-state index in [1.165, 1.54) is 33.8 Å². The van der Waals surface area contributed by atoms with Gasteiger partial charge in [-0.1, -0.05) is 50.2 Å². The van der Waals surface area contributed by atoms with Gasteiger partial charge in [-0.3, -0.25) is 9.69 Å². The standard InChI is InChI=1S/C32H34F3N5O5S2/c1-20(2)16-39(47(44,45)24-11-12-25-29(15-24)46-19-36-25)18-28(41)26(13-21-7-4-3-5-8-21)37-30(42)27-17-40(31(43)38-27)23-10-6-9-22(14-23)32(33,34)35/h3-12,14-15,19-20,26-28,41H,13,16-18H2,1-2H3,(H,37,42)(H,38,43)/t26-,27-,28+/m0/s1. The zero-order chi connectivity index (χ0) is 33.9. The molecular weight excluding hydrogens is 656 g/mol. The number of benzene rings is 3. The van der Waals surface area contributed by atoms with E-state index in [-0.39, 0.29) is 42.6 Å². The molecule has 4 aromatic rings. The Kier molecular flexibility index (Phi) is 10.2. The number of thiazole rings is 1. The molecule has 0 spiro atoms. The molecule has 0 radical (unpaired) electrons. The molecule has 3 N–H and O–H groups in total. The number of hydrogen-bond donors (Lipinski definition) is 3. The number of fused-ring (bicyclic) bond motifs is 1. The first-order valence-corrected chi connectivity index (χ1v) is 17.2. The maximum Gasteiger partial charge on any atom is 0.416 e. The second kappa shape index (κ2) is 14.0. The molecule has 0 saturated carbocycles. The molecule has 15 heteroatoms. The fourth-order valence-corrected chi connectivity index (χ4v) is 7.79. The van der Waals surface area contributed by atoms with Crippen molar-refractivity contribution in [2.24, 2.45) is 5.92 Å². The Morgan fingerprint density at radius 2 is 1.85 bits per heavy atom. The lowest BCUT2D eigenvalue weighted by molar-refractivity contribution is -0.137. The second-order valence-corrected chi connectivity index (χ2v) is 14.6. The summed E-state index contributed by atoms with van der Waals surface area (Å²) in [6.07, 6.45) is -5.86. The first kappa shape index (κ1) is 34.3. The van der Waals surface area contributed by atoms with Crippen LogP contribution < -0.4 is 15.5 Å². The highest BCUT2D eigenvalue weighted by Crippen LogP contribution is 2.32. The van der Waals surface area contributed by atoms with Crippen molar-refractivity contribution in [2.45, 2.75) is 49.5 Å². The number of aromatic nitrogens is 1. The topological polar surface area (TPSA) is 132 Å². The van der Waals surface area contributed by atoms with Crippen molar-refractivity contribution in [1.82, 2.24) is 19.9 Å². The number of hydrogen-bond acceptors (Lipinski definition) is 7. The number of rotatable bonds is 12. The predicted octanol–water partition coefficient (Wildman–Crippen LogP) is 4.65. The summed E-state index contributed by atoms with van der Waals surface area (Å²) in [4.78, 5) is 31.5. The second-order valence-electron chi connectivity index (χ2n) is 11.7. The van der Waals surface area contributed by atoms with Gasteiger partial charge in [0, 0.05) is 18.8 Å². The fraction of sp³-hybridized carbons (Fsp3) is 0.344. The van der Waals surface area contributed by atoms with Crippen LogP contribution in [-0.2, 0) is 27.4 Å². The molecule has 1 aliphatic rings. The highest BCUT2D eigenvalue weighted by molar-refractivity contribution is 7.89. The van der Waals surface area contributed by atoms with Gasteiger partial charge < -0.3 is 15.7 Å². The van der Waals surface area contributed by atoms with E-state index in [9.17, 15) is 36.3 Å². The van der Waals surface area contributed by atoms with E-state index in [4.69, 9.17) is 0 Å². The minimum Gasteiger partial charge on any atom is -0.390 e. The summed E-state index contributed by atoms with van der Waals surface area (Å²) in [7, 11) is -4.07. The lowest BCUT2D eigenvalue weighted by atomic mass is 10.0. The third-order valence-corrected chi connectivity index (χ3v) is 10.3. The van der Waals surface area contributed by atoms with E-state index in [1.807, 2.05) is 13.8 Å². The maximum atomic E-state index is 13.9. The Hall–Kier alpha value is -4.05. The maximum absolute atomic E-state index is 13.9. The zero-order valence-electron chi connectivity index (χ0n) is 25.5. The summed E-state index contributed by atoms with van der Waals surface area (Å²) < 4.78 is 69.5. The van der Waals surface area contributed by atoms with Crippen LogP contribution in [0.1, 0.15) is 25.0 Å². The monoisotopic (exact) mass is 689 g/mol. The highest BCUT2D eigenvalue weighted by atomic mass is 32.2. The molecule has 0 bridgehead atoms. The molecule has 1 saturated heterocycles. The third-order valence-electron chi connectivity index (χ3n) is 7.70. The number of carbonyl (C=O) groups excluding carboxylic acids is 2. The summed E-state index contributed by atoms with van der Waals surface area (Å²) in [5, 5.41) is 16.8. The van der Waals surface area contributed by atoms with Crippen LogP contribution in [-0.4, -0.2) is 72.6 Å². The molecule has 0 unspecified atom stereocenters. The van der Waals surface area contributed by atoms with E-state index in [0.29, 0.717) is 10.2 Å². The Morgan fingerprint density at radius 1 is 1.11 bits per heavy atom. The molecule has 3 atom stereocenters. The number of alkyl halides is 3. The van der Waals surface area contributed by atoms with E-state index >= 15 is 0 Å². The van der Waals surface area contributed by atoms with E-state index < -0.39 is 51.9 Å². The predicted molar refractivity (Wildman–Crippen MR) is 172 cm³/mol. The van der Waals surface area contributed by atoms with Crippen LogP contribution in [0.25, 0.3) is 10.2 Å². The molecule has 0 aliphatic carbocycles. The molecule has 1 fully saturated rings. The van der Waals surface area contributed by atoms with Gasteiger partial charge >= 0.3 is 12.2 Å². The lowest BCUT2D eigenvalue weighted by Crippen LogP contribution is -2.54. The molecule has 47 heavy (non-hydrogen) atoms. The largest absolute Gasteiger partial charge is 0.416 e. The summed E-state index contributed by atoms with van der Waals surface area (Å²) in [5.41, 5.74) is 2.08. The van der Waals surface area contributed by atoms with E-state index in [1.54, 1.807) is 48.0 Å². The normalized spacial score (nSPS) is 16.9. The summed E-state index contributed by atoms with van der Waals surface area (Å²) in [6.45, 7) is 3.20. The van der Waals surface area contributed by atoms with Gasteiger partial charge in [0.2, 0.25) is 15.9 Å². The zero-order valence-corrected chi connectivity index (χ0v) is 27.1. The molecule has 5 rings (SSSR count). The molecule has 10 nitrogen and oxygen atoms in total. The van der Waals surface area contributed by atoms with Crippen molar-refractivity contribution in [3.63, 3.8) is 0 Å². The van der Waals surface area contributed by atoms with Gasteiger partial charge in [-0.2, -0.15) is 17.5 Å². The van der Waals surface area contributed by atoms with Crippen LogP contribution in [0.5, 0.6) is 0 Å². The number of urea groups is 1. The molecule has 1 aromatic heterocycles. The molecule has 2 heterocycles. The smallest absolute Gasteiger partial charge is 0.390 e. The summed E-state index contributed by atoms with van der Waals surface area (Å²) in [6, 6.07) is 15.0. The Morgan fingerprint density at radius 3 is 2.55 bits per heavy atom. The number of sulfonamides is 1. The molecular formula is C32H34F3N5O5S2. The average Bonchev–Trinajstić information content (AvgIpc) is 3.66. The minimum absolute atomic E-state index is 0.0282. The lowest BCUT2D eigenvalue weighted by Gasteiger charge is -2.31. The van der Waals surface area contributed by atoms with Crippen LogP contribution in [0.2, 0.25) is 0 Å². The third kappa shape index (κ3) is 8.09. The summed E-state index contributed by atoms with van der Waals surface area (Å²) >= 11 is 1.31. The van der Waals surface area contributed by atoms with Crippen LogP contribution in [0, 0.1) is 5.92 Å². The number of carbonyl (C=O) groups is 2. The minimum atomic E-state index is -4.62. The van der Waals surface area contributed by atoms with Crippen LogP contribution >= 0.6 is 11.3 Å². The summed E-state index contributed by atoms with van der Waals surface area (Å²) in [5.74, 6) is -0.775. The van der Waals surface area contributed by atoms with Crippen molar-refractivity contribution in [2.75, 3.05) is 24.5 Å². The Labute approximate surface area is 274 Å². The quantitative estimate of drug-likeness (QED) is 0.199. The van der Waals surface area contributed by atoms with Crippen molar-refractivity contribution < 1.29 is 36.3 Å². The number of halogens is 3. The van der Waals surface area contributed by atoms with Crippen molar-refractivity contribution in [1.29, 1.82) is 0 Å². The fourth-order valence-electron chi connectivity index (χ4n) is 5.35. The molecule has 3 aromatic carbocycles. The highest BCUT2D eigenvalue weighted by Gasteiger charge is 2.38. The van der Waals surface area contributed by atoms with Gasteiger partial charge in [-0.05, 0) is 54.3 Å². The number of nitrogens with one attached hydrogen (secondary N) is 2. The number of anilines is 1. The number of aliphatic hydroxyl groups excluding tert-OH is 1. The Bertz CT molecular complexity index is 1840. The average molecular weight is 690 g/mol. The van der Waals surface area contributed by atoms with Crippen LogP contribution in [0.4, 0.5) is 23.7 Å². The van der Waals surface area contributed by atoms with Gasteiger partial charge in [0.05, 0.1) is 44.9 Å². The number of aliphatic hydroxyl groups is 1. The van der Waals surface area contributed by atoms with Crippen molar-refractivity contribution in [3.8, 4) is 0 Å². The van der Waals surface area contributed by atoms with Gasteiger partial charge in [-0.15, -0.1) is 11.3 Å².